The Morgan fingerprint density at radius 2 is 2.00 bits per heavy atom. The number of carbonyl (C=O) groups excluding carboxylic acids is 1. The zero-order valence-electron chi connectivity index (χ0n) is 15.0. The van der Waals surface area contributed by atoms with Crippen molar-refractivity contribution in [3.05, 3.63) is 42.0 Å². The van der Waals surface area contributed by atoms with Crippen LogP contribution < -0.4 is 10.6 Å². The molecule has 1 amide bonds. The first-order valence-electron chi connectivity index (χ1n) is 8.53. The van der Waals surface area contributed by atoms with Gasteiger partial charge in [-0.2, -0.15) is 0 Å². The third kappa shape index (κ3) is 4.40. The number of nitrogens with zero attached hydrogens (tertiary/aromatic N) is 5. The van der Waals surface area contributed by atoms with Crippen molar-refractivity contribution in [2.24, 2.45) is 7.05 Å². The van der Waals surface area contributed by atoms with Crippen LogP contribution in [-0.4, -0.2) is 43.5 Å². The predicted octanol–water partition coefficient (Wildman–Crippen LogP) is 1.86. The van der Waals surface area contributed by atoms with Crippen LogP contribution in [0.4, 0.5) is 0 Å². The summed E-state index contributed by atoms with van der Waals surface area (Å²) in [6.45, 7) is 2.29. The zero-order valence-corrected chi connectivity index (χ0v) is 16.6. The zero-order chi connectivity index (χ0) is 17.2. The second-order valence-electron chi connectivity index (χ2n) is 6.32. The molecule has 0 atom stereocenters. The largest absolute Gasteiger partial charge is 0.343 e. The Labute approximate surface area is 169 Å². The lowest BCUT2D eigenvalue weighted by atomic mass is 10.1. The Balaban J connectivity index is 0.00000131. The summed E-state index contributed by atoms with van der Waals surface area (Å²) >= 11 is 0. The van der Waals surface area contributed by atoms with E-state index in [9.17, 15) is 4.79 Å². The molecule has 0 unspecified atom stereocenters. The van der Waals surface area contributed by atoms with Crippen LogP contribution in [0.3, 0.4) is 0 Å². The Hall–Kier alpha value is -2.16. The SMILES string of the molecule is Cl.Cl.Cn1c(CNC(=O)c2cn(C3CCNCC3)nn2)nc2ccccc21. The maximum atomic E-state index is 12.4. The predicted molar refractivity (Wildman–Crippen MR) is 108 cm³/mol. The van der Waals surface area contributed by atoms with Gasteiger partial charge in [-0.15, -0.1) is 29.9 Å². The van der Waals surface area contributed by atoms with Crippen LogP contribution in [0.2, 0.25) is 0 Å². The number of benzene rings is 1. The molecule has 146 valence electrons. The number of imidazole rings is 1. The Morgan fingerprint density at radius 3 is 2.74 bits per heavy atom. The quantitative estimate of drug-likeness (QED) is 0.683. The van der Waals surface area contributed by atoms with E-state index in [-0.39, 0.29) is 30.7 Å². The van der Waals surface area contributed by atoms with E-state index in [1.165, 1.54) is 0 Å². The van der Waals surface area contributed by atoms with E-state index in [1.807, 2.05) is 40.6 Å². The van der Waals surface area contributed by atoms with Gasteiger partial charge in [0.1, 0.15) is 5.82 Å². The van der Waals surface area contributed by atoms with Crippen LogP contribution in [0.25, 0.3) is 11.0 Å². The standard InChI is InChI=1S/C17H21N7O.2ClH/c1-23-15-5-3-2-4-13(15)20-16(23)10-19-17(25)14-11-24(22-21-14)12-6-8-18-9-7-12;;/h2-5,11-12,18H,6-10H2,1H3,(H,19,25);2*1H. The van der Waals surface area contributed by atoms with Crippen LogP contribution in [0.15, 0.2) is 30.5 Å². The maximum Gasteiger partial charge on any atom is 0.273 e. The number of piperidine rings is 1. The number of hydrogen-bond donors (Lipinski definition) is 2. The molecule has 2 N–H and O–H groups in total. The van der Waals surface area contributed by atoms with Gasteiger partial charge in [0.05, 0.1) is 29.8 Å². The first-order valence-corrected chi connectivity index (χ1v) is 8.53. The van der Waals surface area contributed by atoms with Gasteiger partial charge in [0.2, 0.25) is 0 Å². The van der Waals surface area contributed by atoms with Gasteiger partial charge in [-0.3, -0.25) is 4.79 Å². The van der Waals surface area contributed by atoms with Gasteiger partial charge in [-0.25, -0.2) is 9.67 Å². The van der Waals surface area contributed by atoms with Crippen LogP contribution >= 0.6 is 24.8 Å². The van der Waals surface area contributed by atoms with E-state index >= 15 is 0 Å². The molecular formula is C17H23Cl2N7O. The van der Waals surface area contributed by atoms with Crippen molar-refractivity contribution >= 4 is 41.8 Å². The van der Waals surface area contributed by atoms with Crippen LogP contribution in [-0.2, 0) is 13.6 Å². The number of halogens is 2. The highest BCUT2D eigenvalue weighted by atomic mass is 35.5. The molecule has 0 bridgehead atoms. The Bertz CT molecular complexity index is 902. The lowest BCUT2D eigenvalue weighted by molar-refractivity contribution is 0.0944. The number of amides is 1. The van der Waals surface area contributed by atoms with E-state index in [0.29, 0.717) is 18.3 Å². The second-order valence-corrected chi connectivity index (χ2v) is 6.32. The lowest BCUT2D eigenvalue weighted by Gasteiger charge is -2.22. The second kappa shape index (κ2) is 9.16. The highest BCUT2D eigenvalue weighted by Gasteiger charge is 2.19. The minimum absolute atomic E-state index is 0. The van der Waals surface area contributed by atoms with Gasteiger partial charge in [0.15, 0.2) is 5.69 Å². The first kappa shape index (κ1) is 21.1. The Morgan fingerprint density at radius 1 is 1.26 bits per heavy atom. The van der Waals surface area contributed by atoms with Crippen LogP contribution in [0.1, 0.15) is 35.2 Å². The number of para-hydroxylation sites is 2. The average molecular weight is 412 g/mol. The topological polar surface area (TPSA) is 89.7 Å². The number of carbonyl (C=O) groups is 1. The molecule has 27 heavy (non-hydrogen) atoms. The fraction of sp³-hybridized carbons (Fsp3) is 0.412. The minimum Gasteiger partial charge on any atom is -0.343 e. The molecule has 0 radical (unpaired) electrons. The molecule has 1 saturated heterocycles. The number of rotatable bonds is 4. The van der Waals surface area contributed by atoms with Gasteiger partial charge in [0.25, 0.3) is 5.91 Å². The smallest absolute Gasteiger partial charge is 0.273 e. The van der Waals surface area contributed by atoms with Crippen LogP contribution in [0, 0.1) is 0 Å². The van der Waals surface area contributed by atoms with E-state index in [4.69, 9.17) is 0 Å². The molecule has 3 aromatic rings. The summed E-state index contributed by atoms with van der Waals surface area (Å²) in [6, 6.07) is 8.22. The molecule has 1 aliphatic heterocycles. The summed E-state index contributed by atoms with van der Waals surface area (Å²) < 4.78 is 3.80. The first-order chi connectivity index (χ1) is 12.2. The molecule has 0 saturated carbocycles. The molecule has 1 aromatic carbocycles. The fourth-order valence-corrected chi connectivity index (χ4v) is 3.23. The third-order valence-corrected chi connectivity index (χ3v) is 4.71. The summed E-state index contributed by atoms with van der Waals surface area (Å²) in [4.78, 5) is 16.9. The highest BCUT2D eigenvalue weighted by molar-refractivity contribution is 5.91. The molecule has 4 rings (SSSR count). The van der Waals surface area contributed by atoms with Crippen molar-refractivity contribution in [1.29, 1.82) is 0 Å². The van der Waals surface area contributed by atoms with Crippen molar-refractivity contribution in [2.75, 3.05) is 13.1 Å². The van der Waals surface area contributed by atoms with Crippen molar-refractivity contribution in [3.8, 4) is 0 Å². The van der Waals surface area contributed by atoms with Gasteiger partial charge < -0.3 is 15.2 Å². The van der Waals surface area contributed by atoms with E-state index < -0.39 is 0 Å². The molecule has 1 fully saturated rings. The van der Waals surface area contributed by atoms with E-state index in [1.54, 1.807) is 6.20 Å². The molecule has 8 nitrogen and oxygen atoms in total. The molecule has 2 aromatic heterocycles. The average Bonchev–Trinajstić information content (AvgIpc) is 3.26. The normalized spacial score (nSPS) is 14.4. The fourth-order valence-electron chi connectivity index (χ4n) is 3.23. The molecule has 10 heteroatoms. The summed E-state index contributed by atoms with van der Waals surface area (Å²) in [7, 11) is 1.95. The van der Waals surface area contributed by atoms with Gasteiger partial charge in [-0.05, 0) is 38.1 Å². The van der Waals surface area contributed by atoms with Crippen molar-refractivity contribution in [2.45, 2.75) is 25.4 Å². The summed E-state index contributed by atoms with van der Waals surface area (Å²) in [5.74, 6) is 0.576. The lowest BCUT2D eigenvalue weighted by Crippen LogP contribution is -2.29. The molecule has 1 aliphatic rings. The third-order valence-electron chi connectivity index (χ3n) is 4.71. The highest BCUT2D eigenvalue weighted by Crippen LogP contribution is 2.17. The summed E-state index contributed by atoms with van der Waals surface area (Å²) in [5, 5.41) is 14.3. The number of aryl methyl sites for hydroxylation is 1. The van der Waals surface area contributed by atoms with Crippen LogP contribution in [0.5, 0.6) is 0 Å². The Kier molecular flexibility index (Phi) is 7.18. The molecule has 3 heterocycles. The summed E-state index contributed by atoms with van der Waals surface area (Å²) in [6.07, 6.45) is 3.74. The van der Waals surface area contributed by atoms with Crippen molar-refractivity contribution < 1.29 is 4.79 Å². The minimum atomic E-state index is -0.229. The van der Waals surface area contributed by atoms with Crippen molar-refractivity contribution in [1.82, 2.24) is 35.2 Å². The van der Waals surface area contributed by atoms with E-state index in [0.717, 1.165) is 42.8 Å². The number of aromatic nitrogens is 5. The summed E-state index contributed by atoms with van der Waals surface area (Å²) in [5.41, 5.74) is 2.31. The molecular weight excluding hydrogens is 389 g/mol. The van der Waals surface area contributed by atoms with Gasteiger partial charge in [-0.1, -0.05) is 17.3 Å². The van der Waals surface area contributed by atoms with Crippen molar-refractivity contribution in [3.63, 3.8) is 0 Å². The number of fused-ring (bicyclic) bond motifs is 1. The van der Waals surface area contributed by atoms with Gasteiger partial charge in [0, 0.05) is 7.05 Å². The molecule has 0 spiro atoms. The maximum absolute atomic E-state index is 12.4. The number of nitrogens with one attached hydrogen (secondary N) is 2. The number of hydrogen-bond acceptors (Lipinski definition) is 5. The molecule has 0 aliphatic carbocycles. The van der Waals surface area contributed by atoms with Gasteiger partial charge >= 0.3 is 0 Å². The monoisotopic (exact) mass is 411 g/mol. The van der Waals surface area contributed by atoms with E-state index in [2.05, 4.69) is 25.9 Å².